The predicted molar refractivity (Wildman–Crippen MR) is 56.5 cm³/mol. The molecule has 5 nitrogen and oxygen atoms in total. The van der Waals surface area contributed by atoms with Gasteiger partial charge < -0.3 is 4.74 Å². The number of benzene rings is 1. The van der Waals surface area contributed by atoms with Crippen LogP contribution in [0.3, 0.4) is 0 Å². The number of aromatic nitrogens is 3. The summed E-state index contributed by atoms with van der Waals surface area (Å²) in [6, 6.07) is 6.01. The van der Waals surface area contributed by atoms with Gasteiger partial charge in [0.25, 0.3) is 0 Å². The van der Waals surface area contributed by atoms with Crippen LogP contribution in [0.1, 0.15) is 11.4 Å². The number of nitriles is 1. The van der Waals surface area contributed by atoms with Crippen molar-refractivity contribution in [3.05, 3.63) is 41.7 Å². The van der Waals surface area contributed by atoms with Crippen molar-refractivity contribution in [2.24, 2.45) is 7.05 Å². The zero-order valence-electron chi connectivity index (χ0n) is 9.09. The third kappa shape index (κ3) is 2.23. The van der Waals surface area contributed by atoms with Gasteiger partial charge in [-0.2, -0.15) is 10.4 Å². The molecule has 0 saturated heterocycles. The average molecular weight is 232 g/mol. The van der Waals surface area contributed by atoms with Gasteiger partial charge in [0.05, 0.1) is 0 Å². The third-order valence-electron chi connectivity index (χ3n) is 2.25. The molecule has 0 bridgehead atoms. The molecule has 0 aliphatic rings. The first-order valence-electron chi connectivity index (χ1n) is 4.86. The van der Waals surface area contributed by atoms with E-state index in [0.717, 1.165) is 0 Å². The predicted octanol–water partition coefficient (Wildman–Crippen LogP) is 1.40. The van der Waals surface area contributed by atoms with Gasteiger partial charge in [-0.05, 0) is 12.1 Å². The summed E-state index contributed by atoms with van der Waals surface area (Å²) in [7, 11) is 1.72. The number of hydrogen-bond donors (Lipinski definition) is 0. The topological polar surface area (TPSA) is 63.7 Å². The van der Waals surface area contributed by atoms with Crippen molar-refractivity contribution in [2.45, 2.75) is 6.61 Å². The Hall–Kier alpha value is -2.42. The molecule has 0 radical (unpaired) electrons. The van der Waals surface area contributed by atoms with Crippen LogP contribution < -0.4 is 4.74 Å². The Morgan fingerprint density at radius 2 is 2.35 bits per heavy atom. The molecule has 0 unspecified atom stereocenters. The van der Waals surface area contributed by atoms with Gasteiger partial charge >= 0.3 is 0 Å². The van der Waals surface area contributed by atoms with Gasteiger partial charge in [-0.15, -0.1) is 0 Å². The summed E-state index contributed by atoms with van der Waals surface area (Å²) >= 11 is 0. The minimum absolute atomic E-state index is 0.102. The highest BCUT2D eigenvalue weighted by atomic mass is 19.1. The standard InChI is InChI=1S/C11H9FN4O/c1-16-11(14-7-15-16)6-17-10-4-2-3-9(12)8(10)5-13/h2-4,7H,6H2,1H3. The molecule has 0 spiro atoms. The fourth-order valence-corrected chi connectivity index (χ4v) is 1.33. The van der Waals surface area contributed by atoms with Crippen LogP contribution in [-0.4, -0.2) is 14.8 Å². The highest BCUT2D eigenvalue weighted by Crippen LogP contribution is 2.20. The fourth-order valence-electron chi connectivity index (χ4n) is 1.33. The van der Waals surface area contributed by atoms with Gasteiger partial charge in [0.2, 0.25) is 0 Å². The monoisotopic (exact) mass is 232 g/mol. The lowest BCUT2D eigenvalue weighted by atomic mass is 10.2. The highest BCUT2D eigenvalue weighted by Gasteiger charge is 2.10. The van der Waals surface area contributed by atoms with E-state index in [4.69, 9.17) is 10.00 Å². The van der Waals surface area contributed by atoms with E-state index in [-0.39, 0.29) is 17.9 Å². The van der Waals surface area contributed by atoms with Crippen molar-refractivity contribution in [2.75, 3.05) is 0 Å². The van der Waals surface area contributed by atoms with Crippen LogP contribution in [0.15, 0.2) is 24.5 Å². The molecule has 0 saturated carbocycles. The van der Waals surface area contributed by atoms with Gasteiger partial charge in [0.1, 0.15) is 36.1 Å². The minimum Gasteiger partial charge on any atom is -0.484 e. The number of hydrogen-bond acceptors (Lipinski definition) is 4. The number of ether oxygens (including phenoxy) is 1. The van der Waals surface area contributed by atoms with E-state index in [2.05, 4.69) is 10.1 Å². The van der Waals surface area contributed by atoms with Crippen LogP contribution in [-0.2, 0) is 13.7 Å². The Kier molecular flexibility index (Phi) is 3.01. The molecule has 0 atom stereocenters. The molecule has 0 amide bonds. The van der Waals surface area contributed by atoms with Crippen LogP contribution in [0.2, 0.25) is 0 Å². The molecule has 17 heavy (non-hydrogen) atoms. The summed E-state index contributed by atoms with van der Waals surface area (Å²) in [5, 5.41) is 12.7. The molecule has 1 aromatic carbocycles. The molecule has 86 valence electrons. The summed E-state index contributed by atoms with van der Waals surface area (Å²) in [6.07, 6.45) is 1.40. The van der Waals surface area contributed by atoms with Crippen LogP contribution >= 0.6 is 0 Å². The number of nitrogens with zero attached hydrogens (tertiary/aromatic N) is 4. The van der Waals surface area contributed by atoms with E-state index < -0.39 is 5.82 Å². The van der Waals surface area contributed by atoms with Gasteiger partial charge in [0.15, 0.2) is 5.82 Å². The molecule has 2 aromatic rings. The van der Waals surface area contributed by atoms with Crippen molar-refractivity contribution >= 4 is 0 Å². The van der Waals surface area contributed by atoms with Crippen LogP contribution in [0.25, 0.3) is 0 Å². The third-order valence-corrected chi connectivity index (χ3v) is 2.25. The van der Waals surface area contributed by atoms with Crippen molar-refractivity contribution in [3.8, 4) is 11.8 Å². The quantitative estimate of drug-likeness (QED) is 0.802. The highest BCUT2D eigenvalue weighted by molar-refractivity contribution is 5.43. The molecule has 0 fully saturated rings. The van der Waals surface area contributed by atoms with Crippen molar-refractivity contribution < 1.29 is 9.13 Å². The minimum atomic E-state index is -0.594. The van der Waals surface area contributed by atoms with Crippen molar-refractivity contribution in [1.82, 2.24) is 14.8 Å². The number of rotatable bonds is 3. The molecular weight excluding hydrogens is 223 g/mol. The summed E-state index contributed by atoms with van der Waals surface area (Å²) in [5.74, 6) is 0.205. The smallest absolute Gasteiger partial charge is 0.164 e. The zero-order valence-corrected chi connectivity index (χ0v) is 9.09. The van der Waals surface area contributed by atoms with Crippen molar-refractivity contribution in [3.63, 3.8) is 0 Å². The van der Waals surface area contributed by atoms with E-state index in [9.17, 15) is 4.39 Å². The molecule has 1 heterocycles. The van der Waals surface area contributed by atoms with Gasteiger partial charge in [-0.3, -0.25) is 4.68 Å². The summed E-state index contributed by atoms with van der Waals surface area (Å²) in [6.45, 7) is 0.134. The number of aryl methyl sites for hydroxylation is 1. The van der Waals surface area contributed by atoms with Crippen LogP contribution in [0.5, 0.6) is 5.75 Å². The second-order valence-corrected chi connectivity index (χ2v) is 3.31. The van der Waals surface area contributed by atoms with E-state index in [1.54, 1.807) is 17.8 Å². The van der Waals surface area contributed by atoms with E-state index >= 15 is 0 Å². The van der Waals surface area contributed by atoms with Crippen LogP contribution in [0, 0.1) is 17.1 Å². The lowest BCUT2D eigenvalue weighted by molar-refractivity contribution is 0.287. The normalized spacial score (nSPS) is 9.94. The van der Waals surface area contributed by atoms with Gasteiger partial charge in [-0.25, -0.2) is 9.37 Å². The first-order valence-corrected chi connectivity index (χ1v) is 4.86. The fraction of sp³-hybridized carbons (Fsp3) is 0.182. The largest absolute Gasteiger partial charge is 0.484 e. The van der Waals surface area contributed by atoms with E-state index in [0.29, 0.717) is 5.82 Å². The molecule has 6 heteroatoms. The van der Waals surface area contributed by atoms with E-state index in [1.807, 2.05) is 0 Å². The lowest BCUT2D eigenvalue weighted by Gasteiger charge is -2.07. The Labute approximate surface area is 97.1 Å². The Balaban J connectivity index is 2.18. The van der Waals surface area contributed by atoms with E-state index in [1.165, 1.54) is 24.5 Å². The second kappa shape index (κ2) is 4.61. The maximum atomic E-state index is 13.3. The van der Waals surface area contributed by atoms with Crippen LogP contribution in [0.4, 0.5) is 4.39 Å². The Bertz CT molecular complexity index is 573. The van der Waals surface area contributed by atoms with Gasteiger partial charge in [0, 0.05) is 7.05 Å². The second-order valence-electron chi connectivity index (χ2n) is 3.31. The zero-order chi connectivity index (χ0) is 12.3. The molecular formula is C11H9FN4O. The first kappa shape index (κ1) is 11.1. The SMILES string of the molecule is Cn1ncnc1COc1cccc(F)c1C#N. The summed E-state index contributed by atoms with van der Waals surface area (Å²) in [4.78, 5) is 3.96. The number of halogens is 1. The first-order chi connectivity index (χ1) is 8.22. The summed E-state index contributed by atoms with van der Waals surface area (Å²) < 4.78 is 20.2. The Morgan fingerprint density at radius 1 is 1.53 bits per heavy atom. The summed E-state index contributed by atoms with van der Waals surface area (Å²) in [5.41, 5.74) is -0.102. The molecule has 0 aliphatic carbocycles. The van der Waals surface area contributed by atoms with Crippen molar-refractivity contribution in [1.29, 1.82) is 5.26 Å². The Morgan fingerprint density at radius 3 is 3.00 bits per heavy atom. The lowest BCUT2D eigenvalue weighted by Crippen LogP contribution is -2.05. The molecule has 2 rings (SSSR count). The average Bonchev–Trinajstić information content (AvgIpc) is 2.72. The molecule has 0 aliphatic heterocycles. The molecule has 1 aromatic heterocycles. The molecule has 0 N–H and O–H groups in total. The maximum Gasteiger partial charge on any atom is 0.164 e. The maximum absolute atomic E-state index is 13.3. The van der Waals surface area contributed by atoms with Gasteiger partial charge in [-0.1, -0.05) is 6.07 Å².